The van der Waals surface area contributed by atoms with Crippen molar-refractivity contribution >= 4 is 5.65 Å². The minimum absolute atomic E-state index is 0.0367. The van der Waals surface area contributed by atoms with Gasteiger partial charge in [0.2, 0.25) is 0 Å². The summed E-state index contributed by atoms with van der Waals surface area (Å²) >= 11 is 0. The number of piperazine rings is 1. The van der Waals surface area contributed by atoms with E-state index in [0.29, 0.717) is 17.0 Å². The van der Waals surface area contributed by atoms with E-state index in [1.165, 1.54) is 10.6 Å². The second-order valence-electron chi connectivity index (χ2n) is 6.07. The Kier molecular flexibility index (Phi) is 3.62. The summed E-state index contributed by atoms with van der Waals surface area (Å²) in [5.74, 6) is 0.783. The molecule has 8 nitrogen and oxygen atoms in total. The number of rotatable bonds is 2. The summed E-state index contributed by atoms with van der Waals surface area (Å²) in [6, 6.07) is 3.76. The second-order valence-corrected chi connectivity index (χ2v) is 6.07. The highest BCUT2D eigenvalue weighted by molar-refractivity contribution is 5.53. The van der Waals surface area contributed by atoms with Gasteiger partial charge in [0.25, 0.3) is 11.4 Å². The zero-order chi connectivity index (χ0) is 16.7. The SMILES string of the molecule is Cc1ccc2ncc(-c3nc(C4CNCCN4C)no3)c(=O)n2c1. The van der Waals surface area contributed by atoms with Gasteiger partial charge in [0.15, 0.2) is 5.82 Å². The molecule has 3 aromatic heterocycles. The van der Waals surface area contributed by atoms with E-state index in [0.717, 1.165) is 25.2 Å². The predicted octanol–water partition coefficient (Wildman–Crippen LogP) is 0.629. The number of nitrogens with zero attached hydrogens (tertiary/aromatic N) is 5. The lowest BCUT2D eigenvalue weighted by atomic mass is 10.2. The topological polar surface area (TPSA) is 88.6 Å². The molecule has 0 aliphatic carbocycles. The van der Waals surface area contributed by atoms with E-state index < -0.39 is 0 Å². The molecule has 1 saturated heterocycles. The van der Waals surface area contributed by atoms with E-state index in [-0.39, 0.29) is 17.5 Å². The molecule has 1 aliphatic heterocycles. The van der Waals surface area contributed by atoms with Crippen LogP contribution in [0.5, 0.6) is 0 Å². The summed E-state index contributed by atoms with van der Waals surface area (Å²) in [6.45, 7) is 4.53. The van der Waals surface area contributed by atoms with Crippen LogP contribution in [-0.4, -0.2) is 51.1 Å². The van der Waals surface area contributed by atoms with Gasteiger partial charge in [0, 0.05) is 32.0 Å². The Labute approximate surface area is 138 Å². The lowest BCUT2D eigenvalue weighted by Crippen LogP contribution is -2.44. The smallest absolute Gasteiger partial charge is 0.270 e. The molecule has 4 heterocycles. The molecule has 1 aliphatic rings. The van der Waals surface area contributed by atoms with Gasteiger partial charge < -0.3 is 9.84 Å². The molecule has 24 heavy (non-hydrogen) atoms. The third-order valence-electron chi connectivity index (χ3n) is 4.33. The molecule has 1 atom stereocenters. The number of aromatic nitrogens is 4. The number of fused-ring (bicyclic) bond motifs is 1. The van der Waals surface area contributed by atoms with Crippen LogP contribution in [0.4, 0.5) is 0 Å². The van der Waals surface area contributed by atoms with E-state index >= 15 is 0 Å². The summed E-state index contributed by atoms with van der Waals surface area (Å²) in [7, 11) is 2.02. The minimum atomic E-state index is -0.214. The van der Waals surface area contributed by atoms with Crippen LogP contribution in [0.15, 0.2) is 33.8 Å². The molecule has 0 bridgehead atoms. The van der Waals surface area contributed by atoms with Crippen molar-refractivity contribution < 1.29 is 4.52 Å². The summed E-state index contributed by atoms with van der Waals surface area (Å²) in [6.07, 6.45) is 3.25. The van der Waals surface area contributed by atoms with Gasteiger partial charge in [-0.25, -0.2) is 4.98 Å². The Morgan fingerprint density at radius 2 is 2.25 bits per heavy atom. The monoisotopic (exact) mass is 326 g/mol. The van der Waals surface area contributed by atoms with Crippen LogP contribution in [0.3, 0.4) is 0 Å². The van der Waals surface area contributed by atoms with Gasteiger partial charge in [0.05, 0.1) is 6.04 Å². The Morgan fingerprint density at radius 3 is 3.08 bits per heavy atom. The molecule has 1 unspecified atom stereocenters. The first kappa shape index (κ1) is 15.0. The van der Waals surface area contributed by atoms with Crippen molar-refractivity contribution in [3.8, 4) is 11.5 Å². The maximum Gasteiger partial charge on any atom is 0.270 e. The standard InChI is InChI=1S/C16H18N6O2/c1-10-3-4-13-18-7-11(16(23)22(13)9-10)15-19-14(20-24-15)12-8-17-5-6-21(12)2/h3-4,7,9,12,17H,5-6,8H2,1-2H3. The number of nitrogens with one attached hydrogen (secondary N) is 1. The molecule has 1 N–H and O–H groups in total. The molecule has 8 heteroatoms. The van der Waals surface area contributed by atoms with Crippen LogP contribution in [0.2, 0.25) is 0 Å². The zero-order valence-electron chi connectivity index (χ0n) is 13.6. The first-order chi connectivity index (χ1) is 11.6. The molecule has 4 rings (SSSR count). The Bertz CT molecular complexity index is 947. The summed E-state index contributed by atoms with van der Waals surface area (Å²) in [4.78, 5) is 23.6. The third kappa shape index (κ3) is 2.49. The van der Waals surface area contributed by atoms with E-state index in [1.807, 2.05) is 26.1 Å². The molecule has 0 aromatic carbocycles. The van der Waals surface area contributed by atoms with Crippen LogP contribution in [0.1, 0.15) is 17.4 Å². The van der Waals surface area contributed by atoms with Crippen LogP contribution < -0.4 is 10.9 Å². The molecule has 0 amide bonds. The fourth-order valence-corrected chi connectivity index (χ4v) is 2.90. The summed E-state index contributed by atoms with van der Waals surface area (Å²) in [5, 5.41) is 7.37. The number of hydrogen-bond donors (Lipinski definition) is 1. The highest BCUT2D eigenvalue weighted by Gasteiger charge is 2.26. The first-order valence-corrected chi connectivity index (χ1v) is 7.86. The average Bonchev–Trinajstić information content (AvgIpc) is 3.06. The van der Waals surface area contributed by atoms with Crippen molar-refractivity contribution in [1.82, 2.24) is 29.7 Å². The Hall–Kier alpha value is -2.58. The van der Waals surface area contributed by atoms with Crippen molar-refractivity contribution in [1.29, 1.82) is 0 Å². The molecule has 0 spiro atoms. The molecule has 1 fully saturated rings. The van der Waals surface area contributed by atoms with Crippen LogP contribution in [-0.2, 0) is 0 Å². The first-order valence-electron chi connectivity index (χ1n) is 7.86. The zero-order valence-corrected chi connectivity index (χ0v) is 13.6. The highest BCUT2D eigenvalue weighted by Crippen LogP contribution is 2.21. The number of pyridine rings is 1. The fourth-order valence-electron chi connectivity index (χ4n) is 2.90. The Morgan fingerprint density at radius 1 is 1.38 bits per heavy atom. The lowest BCUT2D eigenvalue weighted by molar-refractivity contribution is 0.190. The van der Waals surface area contributed by atoms with E-state index in [2.05, 4.69) is 25.3 Å². The van der Waals surface area contributed by atoms with Gasteiger partial charge >= 0.3 is 0 Å². The molecule has 124 valence electrons. The van der Waals surface area contributed by atoms with Crippen LogP contribution in [0.25, 0.3) is 17.1 Å². The van der Waals surface area contributed by atoms with Crippen molar-refractivity contribution in [3.63, 3.8) is 0 Å². The molecule has 3 aromatic rings. The minimum Gasteiger partial charge on any atom is -0.334 e. The maximum atomic E-state index is 12.7. The number of hydrogen-bond acceptors (Lipinski definition) is 7. The van der Waals surface area contributed by atoms with Crippen molar-refractivity contribution in [2.24, 2.45) is 0 Å². The van der Waals surface area contributed by atoms with Crippen LogP contribution >= 0.6 is 0 Å². The van der Waals surface area contributed by atoms with Gasteiger partial charge in [-0.3, -0.25) is 14.1 Å². The van der Waals surface area contributed by atoms with Gasteiger partial charge in [0.1, 0.15) is 11.2 Å². The van der Waals surface area contributed by atoms with Crippen molar-refractivity contribution in [3.05, 3.63) is 46.3 Å². The predicted molar refractivity (Wildman–Crippen MR) is 87.7 cm³/mol. The molecular formula is C16H18N6O2. The lowest BCUT2D eigenvalue weighted by Gasteiger charge is -2.30. The Balaban J connectivity index is 1.76. The van der Waals surface area contributed by atoms with Gasteiger partial charge in [-0.2, -0.15) is 4.98 Å². The molecular weight excluding hydrogens is 308 g/mol. The largest absolute Gasteiger partial charge is 0.334 e. The number of aryl methyl sites for hydroxylation is 1. The molecule has 0 saturated carbocycles. The van der Waals surface area contributed by atoms with Gasteiger partial charge in [-0.15, -0.1) is 0 Å². The second kappa shape index (κ2) is 5.81. The maximum absolute atomic E-state index is 12.7. The number of likely N-dealkylation sites (N-methyl/N-ethyl adjacent to an activating group) is 1. The fraction of sp³-hybridized carbons (Fsp3) is 0.375. The normalized spacial score (nSPS) is 19.0. The quantitative estimate of drug-likeness (QED) is 0.739. The van der Waals surface area contributed by atoms with Crippen LogP contribution in [0, 0.1) is 6.92 Å². The van der Waals surface area contributed by atoms with E-state index in [4.69, 9.17) is 4.52 Å². The van der Waals surface area contributed by atoms with E-state index in [9.17, 15) is 4.79 Å². The molecule has 0 radical (unpaired) electrons. The summed E-state index contributed by atoms with van der Waals surface area (Å²) in [5.41, 5.74) is 1.66. The highest BCUT2D eigenvalue weighted by atomic mass is 16.5. The summed E-state index contributed by atoms with van der Waals surface area (Å²) < 4.78 is 6.85. The van der Waals surface area contributed by atoms with Crippen molar-refractivity contribution in [2.75, 3.05) is 26.7 Å². The van der Waals surface area contributed by atoms with E-state index in [1.54, 1.807) is 6.20 Å². The van der Waals surface area contributed by atoms with Crippen molar-refractivity contribution in [2.45, 2.75) is 13.0 Å². The van der Waals surface area contributed by atoms with Gasteiger partial charge in [-0.05, 0) is 25.6 Å². The third-order valence-corrected chi connectivity index (χ3v) is 4.33. The average molecular weight is 326 g/mol. The van der Waals surface area contributed by atoms with Gasteiger partial charge in [-0.1, -0.05) is 11.2 Å².